The molecule has 2 aromatic rings. The van der Waals surface area contributed by atoms with Crippen LogP contribution in [0, 0.1) is 0 Å². The standard InChI is InChI=1S/C9H10O2/c1-3-6-4-9-8(10-2)5-7(6)11-9/h4-5H,3H2,1-2H3. The molecule has 0 amide bonds. The Morgan fingerprint density at radius 2 is 2.18 bits per heavy atom. The predicted octanol–water partition coefficient (Wildman–Crippen LogP) is 2.44. The van der Waals surface area contributed by atoms with Crippen LogP contribution in [-0.4, -0.2) is 7.11 Å². The Labute approximate surface area is 65.1 Å². The molecule has 0 aliphatic carbocycles. The monoisotopic (exact) mass is 150 g/mol. The van der Waals surface area contributed by atoms with Gasteiger partial charge in [-0.3, -0.25) is 0 Å². The van der Waals surface area contributed by atoms with Crippen LogP contribution in [0.15, 0.2) is 16.5 Å². The first-order chi connectivity index (χ1) is 5.35. The first-order valence-corrected chi connectivity index (χ1v) is 3.74. The van der Waals surface area contributed by atoms with Crippen molar-refractivity contribution >= 4 is 11.2 Å². The third kappa shape index (κ3) is 0.788. The molecule has 0 saturated carbocycles. The van der Waals surface area contributed by atoms with Gasteiger partial charge in [0, 0.05) is 6.07 Å². The summed E-state index contributed by atoms with van der Waals surface area (Å²) in [4.78, 5) is 0. The molecule has 0 aliphatic heterocycles. The van der Waals surface area contributed by atoms with Gasteiger partial charge in [0.2, 0.25) is 0 Å². The van der Waals surface area contributed by atoms with Crippen LogP contribution in [0.4, 0.5) is 0 Å². The van der Waals surface area contributed by atoms with Gasteiger partial charge in [0.1, 0.15) is 5.58 Å². The Bertz CT molecular complexity index is 315. The number of rotatable bonds is 2. The van der Waals surface area contributed by atoms with E-state index in [2.05, 4.69) is 6.92 Å². The van der Waals surface area contributed by atoms with Crippen LogP contribution >= 0.6 is 0 Å². The Hall–Kier alpha value is -1.18. The van der Waals surface area contributed by atoms with E-state index in [1.54, 1.807) is 7.11 Å². The molecule has 0 atom stereocenters. The Morgan fingerprint density at radius 3 is 2.64 bits per heavy atom. The quantitative estimate of drug-likeness (QED) is 0.656. The van der Waals surface area contributed by atoms with Crippen molar-refractivity contribution in [1.82, 2.24) is 0 Å². The highest BCUT2D eigenvalue weighted by atomic mass is 16.5. The highest BCUT2D eigenvalue weighted by Crippen LogP contribution is 2.32. The molecule has 2 heterocycles. The van der Waals surface area contributed by atoms with Crippen molar-refractivity contribution in [3.63, 3.8) is 0 Å². The Balaban J connectivity index is 2.56. The molecule has 11 heavy (non-hydrogen) atoms. The molecule has 0 unspecified atom stereocenters. The van der Waals surface area contributed by atoms with Gasteiger partial charge in [0.25, 0.3) is 0 Å². The fourth-order valence-corrected chi connectivity index (χ4v) is 1.31. The van der Waals surface area contributed by atoms with Gasteiger partial charge < -0.3 is 9.15 Å². The van der Waals surface area contributed by atoms with Gasteiger partial charge >= 0.3 is 0 Å². The van der Waals surface area contributed by atoms with Gasteiger partial charge in [-0.15, -0.1) is 0 Å². The smallest absolute Gasteiger partial charge is 0.169 e. The Morgan fingerprint density at radius 1 is 1.36 bits per heavy atom. The second kappa shape index (κ2) is 2.16. The maximum atomic E-state index is 5.40. The van der Waals surface area contributed by atoms with Crippen LogP contribution in [0.25, 0.3) is 11.2 Å². The van der Waals surface area contributed by atoms with Gasteiger partial charge in [0.05, 0.1) is 7.11 Å². The molecule has 2 aromatic heterocycles. The van der Waals surface area contributed by atoms with Crippen LogP contribution < -0.4 is 4.74 Å². The molecule has 2 rings (SSSR count). The zero-order valence-electron chi connectivity index (χ0n) is 6.68. The third-order valence-electron chi connectivity index (χ3n) is 1.95. The maximum absolute atomic E-state index is 5.40. The van der Waals surface area contributed by atoms with Crippen LogP contribution in [0.5, 0.6) is 5.75 Å². The van der Waals surface area contributed by atoms with Gasteiger partial charge in [-0.2, -0.15) is 0 Å². The second-order valence-corrected chi connectivity index (χ2v) is 2.57. The van der Waals surface area contributed by atoms with Crippen LogP contribution in [0.3, 0.4) is 0 Å². The zero-order chi connectivity index (χ0) is 7.84. The van der Waals surface area contributed by atoms with Crippen LogP contribution in [0.2, 0.25) is 0 Å². The summed E-state index contributed by atoms with van der Waals surface area (Å²) in [6.45, 7) is 2.11. The van der Waals surface area contributed by atoms with Crippen molar-refractivity contribution < 1.29 is 9.15 Å². The van der Waals surface area contributed by atoms with Crippen molar-refractivity contribution in [2.75, 3.05) is 7.11 Å². The first-order valence-electron chi connectivity index (χ1n) is 3.74. The molecule has 2 bridgehead atoms. The number of hydrogen-bond acceptors (Lipinski definition) is 2. The number of fused-ring (bicyclic) bond motifs is 2. The molecule has 58 valence electrons. The van der Waals surface area contributed by atoms with Gasteiger partial charge in [-0.05, 0) is 18.1 Å². The van der Waals surface area contributed by atoms with E-state index in [0.717, 1.165) is 23.3 Å². The lowest BCUT2D eigenvalue weighted by Crippen LogP contribution is -1.81. The molecule has 0 aromatic carbocycles. The summed E-state index contributed by atoms with van der Waals surface area (Å²) in [6.07, 6.45) is 1.02. The zero-order valence-corrected chi connectivity index (χ0v) is 6.68. The molecular weight excluding hydrogens is 140 g/mol. The fraction of sp³-hybridized carbons (Fsp3) is 0.333. The summed E-state index contributed by atoms with van der Waals surface area (Å²) >= 11 is 0. The first kappa shape index (κ1) is 6.53. The summed E-state index contributed by atoms with van der Waals surface area (Å²) < 4.78 is 10.5. The molecular formula is C9H10O2. The second-order valence-electron chi connectivity index (χ2n) is 2.57. The molecule has 0 radical (unpaired) electrons. The summed E-state index contributed by atoms with van der Waals surface area (Å²) in [7, 11) is 1.66. The van der Waals surface area contributed by atoms with Crippen molar-refractivity contribution in [2.24, 2.45) is 0 Å². The summed E-state index contributed by atoms with van der Waals surface area (Å²) in [5.41, 5.74) is 3.08. The van der Waals surface area contributed by atoms with Gasteiger partial charge in [0.15, 0.2) is 11.3 Å². The highest BCUT2D eigenvalue weighted by molar-refractivity contribution is 5.74. The van der Waals surface area contributed by atoms with Crippen molar-refractivity contribution in [3.8, 4) is 5.75 Å². The van der Waals surface area contributed by atoms with E-state index in [0.29, 0.717) is 0 Å². The number of methoxy groups -OCH3 is 1. The fourth-order valence-electron chi connectivity index (χ4n) is 1.31. The molecule has 0 aliphatic rings. The number of benzene rings is 1. The van der Waals surface area contributed by atoms with E-state index in [9.17, 15) is 0 Å². The van der Waals surface area contributed by atoms with Crippen molar-refractivity contribution in [3.05, 3.63) is 17.7 Å². The summed E-state index contributed by atoms with van der Waals surface area (Å²) in [5.74, 6) is 0.845. The van der Waals surface area contributed by atoms with E-state index >= 15 is 0 Å². The topological polar surface area (TPSA) is 22.4 Å². The molecule has 0 saturated heterocycles. The van der Waals surface area contributed by atoms with E-state index in [4.69, 9.17) is 9.15 Å². The molecule has 0 spiro atoms. The number of aryl methyl sites for hydroxylation is 1. The number of ether oxygens (including phenoxy) is 1. The lowest BCUT2D eigenvalue weighted by atomic mass is 10.2. The number of furan rings is 2. The predicted molar refractivity (Wildman–Crippen MR) is 43.3 cm³/mol. The average molecular weight is 150 g/mol. The van der Waals surface area contributed by atoms with Crippen LogP contribution in [-0.2, 0) is 6.42 Å². The Kier molecular flexibility index (Phi) is 1.28. The number of hydrogen-bond donors (Lipinski definition) is 0. The highest BCUT2D eigenvalue weighted by Gasteiger charge is 2.11. The normalized spacial score (nSPS) is 11.1. The summed E-state index contributed by atoms with van der Waals surface area (Å²) in [6, 6.07) is 3.97. The van der Waals surface area contributed by atoms with Crippen molar-refractivity contribution in [2.45, 2.75) is 13.3 Å². The molecule has 0 N–H and O–H groups in total. The minimum absolute atomic E-state index is 0.845. The van der Waals surface area contributed by atoms with Crippen molar-refractivity contribution in [1.29, 1.82) is 0 Å². The minimum atomic E-state index is 0.845. The molecule has 2 heteroatoms. The minimum Gasteiger partial charge on any atom is -0.493 e. The lowest BCUT2D eigenvalue weighted by molar-refractivity contribution is 0.416. The van der Waals surface area contributed by atoms with Gasteiger partial charge in [-0.25, -0.2) is 0 Å². The van der Waals surface area contributed by atoms with E-state index < -0.39 is 0 Å². The molecule has 0 fully saturated rings. The maximum Gasteiger partial charge on any atom is 0.169 e. The lowest BCUT2D eigenvalue weighted by Gasteiger charge is -1.93. The van der Waals surface area contributed by atoms with E-state index in [1.807, 2.05) is 12.1 Å². The molecule has 2 nitrogen and oxygen atoms in total. The summed E-state index contributed by atoms with van der Waals surface area (Å²) in [5, 5.41) is 0. The average Bonchev–Trinajstić information content (AvgIpc) is 2.60. The van der Waals surface area contributed by atoms with Crippen LogP contribution in [0.1, 0.15) is 12.5 Å². The van der Waals surface area contributed by atoms with E-state index in [-0.39, 0.29) is 0 Å². The third-order valence-corrected chi connectivity index (χ3v) is 1.95. The van der Waals surface area contributed by atoms with Gasteiger partial charge in [-0.1, -0.05) is 6.92 Å². The van der Waals surface area contributed by atoms with E-state index in [1.165, 1.54) is 5.56 Å². The largest absolute Gasteiger partial charge is 0.493 e. The SMILES string of the molecule is CCc1cc2oc1cc2OC.